The zero-order valence-electron chi connectivity index (χ0n) is 47.9. The van der Waals surface area contributed by atoms with E-state index < -0.39 is 158 Å². The van der Waals surface area contributed by atoms with E-state index in [-0.39, 0.29) is 24.3 Å². The summed E-state index contributed by atoms with van der Waals surface area (Å²) in [5.41, 5.74) is 18.2. The van der Waals surface area contributed by atoms with Crippen LogP contribution in [0.1, 0.15) is 75.7 Å². The minimum absolute atomic E-state index is 0.0612. The summed E-state index contributed by atoms with van der Waals surface area (Å²) in [5.74, 6) is -8.83. The number of carbonyl (C=O) groups is 8. The Morgan fingerprint density at radius 2 is 1.25 bits per heavy atom. The molecule has 25 heteroatoms. The molecule has 4 aromatic rings. The molecule has 3 heterocycles. The van der Waals surface area contributed by atoms with E-state index in [1.54, 1.807) is 12.1 Å². The molecule has 3 aliphatic rings. The van der Waals surface area contributed by atoms with Crippen LogP contribution in [0.5, 0.6) is 11.5 Å². The maximum Gasteiger partial charge on any atom is 0.264 e. The Morgan fingerprint density at radius 3 is 1.81 bits per heavy atom. The van der Waals surface area contributed by atoms with Gasteiger partial charge in [-0.05, 0) is 90.9 Å². The molecule has 0 aromatic heterocycles. The molecule has 0 radical (unpaired) electrons. The van der Waals surface area contributed by atoms with Gasteiger partial charge in [-0.1, -0.05) is 87.4 Å². The summed E-state index contributed by atoms with van der Waals surface area (Å²) in [7, 11) is 0. The lowest BCUT2D eigenvalue weighted by Crippen LogP contribution is -2.64. The SMILES string of the molecule is CCCCCOc1ccc(-c2ccc(-c3ccc(C(=O)N[C@H]4CCN(C(=O)[C@@H](N)CN)NC(=O)[C@@H]5[C@@H](O)[C@@H](C)CN5C(=O)[C@H](C(C)O)NC(=O)[C@H]([C@H](O)Cc5ccc(O)cc5)NC(=O)[C@@H]5C[C@@H](O)CN5C(=O)[C@H](C(C)O)NC4=O)cc3)cc2)cc1. The predicted molar refractivity (Wildman–Crippen MR) is 309 cm³/mol. The zero-order valence-corrected chi connectivity index (χ0v) is 47.9. The molecule has 2 unspecified atom stereocenters. The molecule has 0 spiro atoms. The molecule has 15 N–H and O–H groups in total. The van der Waals surface area contributed by atoms with E-state index in [1.165, 1.54) is 43.3 Å². The summed E-state index contributed by atoms with van der Waals surface area (Å²) in [6, 6.07) is 15.0. The third-order valence-electron chi connectivity index (χ3n) is 15.5. The average Bonchev–Trinajstić information content (AvgIpc) is 3.78. The van der Waals surface area contributed by atoms with Crippen LogP contribution < -0.4 is 42.9 Å². The maximum absolute atomic E-state index is 14.7. The summed E-state index contributed by atoms with van der Waals surface area (Å²) in [6.07, 6.45) is -6.45. The highest BCUT2D eigenvalue weighted by molar-refractivity contribution is 6.00. The van der Waals surface area contributed by atoms with E-state index >= 15 is 0 Å². The van der Waals surface area contributed by atoms with Crippen LogP contribution >= 0.6 is 0 Å². The average molecular weight is 1180 g/mol. The number of benzene rings is 4. The molecular weight excluding hydrogens is 1100 g/mol. The number of aromatic hydroxyl groups is 1. The minimum atomic E-state index is -1.98. The quantitative estimate of drug-likeness (QED) is 0.0594. The Morgan fingerprint density at radius 1 is 0.706 bits per heavy atom. The van der Waals surface area contributed by atoms with Gasteiger partial charge < -0.3 is 77.9 Å². The van der Waals surface area contributed by atoms with Gasteiger partial charge in [-0.25, -0.2) is 0 Å². The number of aliphatic hydroxyl groups is 5. The van der Waals surface area contributed by atoms with Crippen molar-refractivity contribution < 1.29 is 73.7 Å². The number of fused-ring (bicyclic) bond motifs is 2. The molecule has 0 saturated carbocycles. The molecule has 13 atom stereocenters. The van der Waals surface area contributed by atoms with Crippen LogP contribution in [0.3, 0.4) is 0 Å². The van der Waals surface area contributed by atoms with Gasteiger partial charge in [-0.2, -0.15) is 0 Å². The van der Waals surface area contributed by atoms with Crippen molar-refractivity contribution in [1.29, 1.82) is 0 Å². The van der Waals surface area contributed by atoms with Crippen LogP contribution in [0.2, 0.25) is 0 Å². The monoisotopic (exact) mass is 1180 g/mol. The molecule has 0 aliphatic carbocycles. The minimum Gasteiger partial charge on any atom is -0.508 e. The van der Waals surface area contributed by atoms with Crippen LogP contribution in [0.15, 0.2) is 97.1 Å². The number of nitrogens with two attached hydrogens (primary N) is 2. The van der Waals surface area contributed by atoms with Crippen LogP contribution in [0.25, 0.3) is 22.3 Å². The van der Waals surface area contributed by atoms with Gasteiger partial charge >= 0.3 is 0 Å². The first-order valence-electron chi connectivity index (χ1n) is 28.5. The van der Waals surface area contributed by atoms with Crippen molar-refractivity contribution in [2.24, 2.45) is 17.4 Å². The molecule has 3 aliphatic heterocycles. The molecule has 458 valence electrons. The van der Waals surface area contributed by atoms with Gasteiger partial charge in [0.15, 0.2) is 0 Å². The zero-order chi connectivity index (χ0) is 61.8. The number of phenolic OH excluding ortho intramolecular Hbond substituents is 1. The van der Waals surface area contributed by atoms with Crippen molar-refractivity contribution in [3.8, 4) is 33.8 Å². The highest BCUT2D eigenvalue weighted by Crippen LogP contribution is 2.29. The van der Waals surface area contributed by atoms with E-state index in [2.05, 4.69) is 33.6 Å². The summed E-state index contributed by atoms with van der Waals surface area (Å²) in [5, 5.41) is 76.9. The van der Waals surface area contributed by atoms with Gasteiger partial charge in [0.1, 0.15) is 47.8 Å². The Hall–Kier alpha value is -8.04. The van der Waals surface area contributed by atoms with Crippen molar-refractivity contribution in [3.63, 3.8) is 0 Å². The van der Waals surface area contributed by atoms with Gasteiger partial charge in [0.2, 0.25) is 29.5 Å². The van der Waals surface area contributed by atoms with Gasteiger partial charge in [0.05, 0.1) is 43.2 Å². The largest absolute Gasteiger partial charge is 0.508 e. The fraction of sp³-hybridized carbons (Fsp3) is 0.467. The number of phenols is 1. The molecular formula is C60H78N10O15. The number of nitrogens with zero attached hydrogens (tertiary/aromatic N) is 3. The van der Waals surface area contributed by atoms with E-state index in [4.69, 9.17) is 16.2 Å². The van der Waals surface area contributed by atoms with E-state index in [9.17, 15) is 69.0 Å². The highest BCUT2D eigenvalue weighted by atomic mass is 16.5. The van der Waals surface area contributed by atoms with Crippen molar-refractivity contribution >= 4 is 47.3 Å². The van der Waals surface area contributed by atoms with Crippen molar-refractivity contribution in [2.75, 3.05) is 32.8 Å². The summed E-state index contributed by atoms with van der Waals surface area (Å²) in [4.78, 5) is 117. The molecule has 4 aromatic carbocycles. The van der Waals surface area contributed by atoms with Crippen LogP contribution in [-0.2, 0) is 40.0 Å². The van der Waals surface area contributed by atoms with Gasteiger partial charge in [0, 0.05) is 50.5 Å². The molecule has 7 rings (SSSR count). The smallest absolute Gasteiger partial charge is 0.264 e. The van der Waals surface area contributed by atoms with Crippen LogP contribution in [0.4, 0.5) is 0 Å². The lowest BCUT2D eigenvalue weighted by Gasteiger charge is -2.34. The Labute approximate surface area is 492 Å². The Kier molecular flexibility index (Phi) is 22.1. The molecule has 85 heavy (non-hydrogen) atoms. The van der Waals surface area contributed by atoms with E-state index in [0.29, 0.717) is 17.2 Å². The first-order valence-corrected chi connectivity index (χ1v) is 28.5. The lowest BCUT2D eigenvalue weighted by molar-refractivity contribution is -0.151. The second kappa shape index (κ2) is 29.2. The second-order valence-electron chi connectivity index (χ2n) is 22.0. The number of aliphatic hydroxyl groups excluding tert-OH is 5. The van der Waals surface area contributed by atoms with Crippen molar-refractivity contribution in [3.05, 3.63) is 108 Å². The summed E-state index contributed by atoms with van der Waals surface area (Å²) < 4.78 is 5.86. The second-order valence-corrected chi connectivity index (χ2v) is 22.0. The number of unbranched alkanes of at least 4 members (excludes halogenated alkanes) is 2. The number of ether oxygens (including phenoxy) is 1. The molecule has 8 amide bonds. The first kappa shape index (κ1) is 64.5. The van der Waals surface area contributed by atoms with Crippen LogP contribution in [0, 0.1) is 5.92 Å². The number of amides is 8. The summed E-state index contributed by atoms with van der Waals surface area (Å²) >= 11 is 0. The Balaban J connectivity index is 1.21. The van der Waals surface area contributed by atoms with Crippen molar-refractivity contribution in [1.82, 2.24) is 41.5 Å². The fourth-order valence-corrected chi connectivity index (χ4v) is 10.5. The number of hydrazine groups is 1. The number of hydrogen-bond acceptors (Lipinski definition) is 17. The fourth-order valence-electron chi connectivity index (χ4n) is 10.5. The highest BCUT2D eigenvalue weighted by Gasteiger charge is 2.50. The topological polar surface area (TPSA) is 389 Å². The normalized spacial score (nSPS) is 25.2. The van der Waals surface area contributed by atoms with E-state index in [1.807, 2.05) is 48.5 Å². The molecule has 25 nitrogen and oxygen atoms in total. The third kappa shape index (κ3) is 16.0. The number of nitrogens with one attached hydrogen (secondary N) is 5. The first-order chi connectivity index (χ1) is 40.5. The van der Waals surface area contributed by atoms with Crippen molar-refractivity contribution in [2.45, 2.75) is 139 Å². The number of rotatable bonds is 16. The van der Waals surface area contributed by atoms with Gasteiger partial charge in [0.25, 0.3) is 17.7 Å². The number of carbonyl (C=O) groups excluding carboxylic acids is 8. The molecule has 3 saturated heterocycles. The molecule has 0 bridgehead atoms. The van der Waals surface area contributed by atoms with Gasteiger partial charge in [-0.3, -0.25) is 48.8 Å². The third-order valence-corrected chi connectivity index (χ3v) is 15.5. The van der Waals surface area contributed by atoms with E-state index in [0.717, 1.165) is 70.9 Å². The standard InChI is InChI=1S/C60H78N10O15/c1-5-6-7-26-85-43-22-18-39(19-23-43)37-12-10-36(11-13-37)38-14-16-40(17-15-38)53(77)63-45-24-25-70(58(82)44(62)29-61)67-57(81)51-52(76)32(2)30-69(51)60(84)49(34(4)72)65-56(80)50(47(75)27-35-8-20-41(73)21-9-35)66-55(79)46-28-42(74)31-68(46)59(83)48(33(3)71)64-54(45)78/h8-23,32-34,42,44-52,71-76H,5-7,24-31,61-62H2,1-4H3,(H,63,77)(H,64,78)(H,65,80)(H,66,79)(H,67,81)/t32-,33?,34?,42+,44-,45-,46-,47+,48-,49-,50-,51-,52-/m0/s1. The lowest BCUT2D eigenvalue weighted by atomic mass is 9.99. The van der Waals surface area contributed by atoms with Gasteiger partial charge in [-0.15, -0.1) is 0 Å². The Bertz CT molecular complexity index is 2990. The van der Waals surface area contributed by atoms with Crippen LogP contribution in [-0.4, -0.2) is 198 Å². The molecule has 3 fully saturated rings. The predicted octanol–water partition coefficient (Wildman–Crippen LogP) is -1.07. The maximum atomic E-state index is 14.7. The summed E-state index contributed by atoms with van der Waals surface area (Å²) in [6.45, 7) is 4.64. The number of hydrogen-bond donors (Lipinski definition) is 13.